The second-order valence-electron chi connectivity index (χ2n) is 4.05. The number of hydrogen-bond acceptors (Lipinski definition) is 3. The molecule has 2 aromatic rings. The van der Waals surface area contributed by atoms with Gasteiger partial charge in [0.15, 0.2) is 0 Å². The van der Waals surface area contributed by atoms with Crippen molar-refractivity contribution in [1.29, 1.82) is 0 Å². The zero-order valence-electron chi connectivity index (χ0n) is 9.82. The molecule has 0 spiro atoms. The van der Waals surface area contributed by atoms with Crippen LogP contribution >= 0.6 is 0 Å². The topological polar surface area (TPSA) is 38.1 Å². The minimum Gasteiger partial charge on any atom is -0.467 e. The highest BCUT2D eigenvalue weighted by molar-refractivity contribution is 5.40. The quantitative estimate of drug-likeness (QED) is 0.853. The molecule has 2 heterocycles. The molecule has 0 aliphatic carbocycles. The van der Waals surface area contributed by atoms with Crippen LogP contribution in [0, 0.1) is 13.8 Å². The van der Waals surface area contributed by atoms with E-state index in [-0.39, 0.29) is 6.04 Å². The molecule has 1 unspecified atom stereocenters. The van der Waals surface area contributed by atoms with Crippen LogP contribution < -0.4 is 5.32 Å². The van der Waals surface area contributed by atoms with E-state index in [1.54, 1.807) is 6.26 Å². The number of aromatic nitrogens is 1. The first kappa shape index (κ1) is 10.7. The third-order valence-corrected chi connectivity index (χ3v) is 2.43. The molecule has 84 valence electrons. The van der Waals surface area contributed by atoms with Crippen LogP contribution in [0.25, 0.3) is 0 Å². The van der Waals surface area contributed by atoms with E-state index in [1.165, 1.54) is 5.56 Å². The summed E-state index contributed by atoms with van der Waals surface area (Å²) in [6, 6.07) is 8.07. The molecule has 0 aliphatic heterocycles. The lowest BCUT2D eigenvalue weighted by molar-refractivity contribution is 0.490. The van der Waals surface area contributed by atoms with Gasteiger partial charge in [0.1, 0.15) is 11.6 Å². The van der Waals surface area contributed by atoms with E-state index >= 15 is 0 Å². The Morgan fingerprint density at radius 1 is 1.31 bits per heavy atom. The summed E-state index contributed by atoms with van der Waals surface area (Å²) in [6.45, 7) is 6.12. The second kappa shape index (κ2) is 4.39. The average Bonchev–Trinajstić information content (AvgIpc) is 2.68. The van der Waals surface area contributed by atoms with Crippen molar-refractivity contribution in [1.82, 2.24) is 4.98 Å². The van der Waals surface area contributed by atoms with Crippen molar-refractivity contribution in [2.75, 3.05) is 5.32 Å². The molecule has 0 amide bonds. The van der Waals surface area contributed by atoms with Crippen molar-refractivity contribution in [2.24, 2.45) is 0 Å². The molecule has 0 saturated heterocycles. The molecular weight excluding hydrogens is 200 g/mol. The molecule has 16 heavy (non-hydrogen) atoms. The molecule has 0 fully saturated rings. The van der Waals surface area contributed by atoms with E-state index in [2.05, 4.69) is 30.2 Å². The lowest BCUT2D eigenvalue weighted by atomic mass is 10.2. The highest BCUT2D eigenvalue weighted by Gasteiger charge is 2.08. The predicted octanol–water partition coefficient (Wildman–Crippen LogP) is 3.46. The Morgan fingerprint density at radius 3 is 2.75 bits per heavy atom. The zero-order valence-corrected chi connectivity index (χ0v) is 9.82. The van der Waals surface area contributed by atoms with Gasteiger partial charge in [-0.2, -0.15) is 0 Å². The summed E-state index contributed by atoms with van der Waals surface area (Å²) in [4.78, 5) is 4.43. The molecular formula is C13H16N2O. The van der Waals surface area contributed by atoms with Crippen molar-refractivity contribution in [3.63, 3.8) is 0 Å². The number of hydrogen-bond donors (Lipinski definition) is 1. The van der Waals surface area contributed by atoms with Gasteiger partial charge in [0.2, 0.25) is 0 Å². The number of anilines is 1. The number of aryl methyl sites for hydroxylation is 2. The molecule has 3 heteroatoms. The van der Waals surface area contributed by atoms with E-state index in [4.69, 9.17) is 4.42 Å². The van der Waals surface area contributed by atoms with Crippen molar-refractivity contribution < 1.29 is 4.42 Å². The molecule has 3 nitrogen and oxygen atoms in total. The second-order valence-corrected chi connectivity index (χ2v) is 4.05. The van der Waals surface area contributed by atoms with E-state index in [0.717, 1.165) is 17.3 Å². The SMILES string of the molecule is Cc1cc(C)nc(NC(C)c2ccco2)c1. The minimum absolute atomic E-state index is 0.128. The van der Waals surface area contributed by atoms with Crippen molar-refractivity contribution in [2.45, 2.75) is 26.8 Å². The van der Waals surface area contributed by atoms with E-state index in [1.807, 2.05) is 25.1 Å². The lowest BCUT2D eigenvalue weighted by Crippen LogP contribution is -2.07. The Bertz CT molecular complexity index is 443. The third kappa shape index (κ3) is 2.42. The normalized spacial score (nSPS) is 12.4. The van der Waals surface area contributed by atoms with Gasteiger partial charge >= 0.3 is 0 Å². The molecule has 1 N–H and O–H groups in total. The maximum absolute atomic E-state index is 5.34. The van der Waals surface area contributed by atoms with Crippen LogP contribution in [-0.4, -0.2) is 4.98 Å². The van der Waals surface area contributed by atoms with Crippen molar-refractivity contribution in [3.05, 3.63) is 47.5 Å². The fourth-order valence-electron chi connectivity index (χ4n) is 1.75. The molecule has 0 bridgehead atoms. The Kier molecular flexibility index (Phi) is 2.95. The van der Waals surface area contributed by atoms with Gasteiger partial charge in [-0.3, -0.25) is 0 Å². The minimum atomic E-state index is 0.128. The number of nitrogens with one attached hydrogen (secondary N) is 1. The van der Waals surface area contributed by atoms with Crippen molar-refractivity contribution >= 4 is 5.82 Å². The van der Waals surface area contributed by atoms with E-state index in [0.29, 0.717) is 0 Å². The van der Waals surface area contributed by atoms with Crippen LogP contribution in [0.15, 0.2) is 34.9 Å². The van der Waals surface area contributed by atoms with Gasteiger partial charge in [-0.15, -0.1) is 0 Å². The molecule has 0 radical (unpaired) electrons. The van der Waals surface area contributed by atoms with Crippen LogP contribution in [0.4, 0.5) is 5.82 Å². The summed E-state index contributed by atoms with van der Waals surface area (Å²) in [5, 5.41) is 3.32. The van der Waals surface area contributed by atoms with Crippen LogP contribution in [0.1, 0.15) is 30.0 Å². The monoisotopic (exact) mass is 216 g/mol. The zero-order chi connectivity index (χ0) is 11.5. The molecule has 2 aromatic heterocycles. The lowest BCUT2D eigenvalue weighted by Gasteiger charge is -2.13. The maximum atomic E-state index is 5.34. The Labute approximate surface area is 95.5 Å². The van der Waals surface area contributed by atoms with Gasteiger partial charge in [-0.05, 0) is 50.6 Å². The molecule has 1 atom stereocenters. The van der Waals surface area contributed by atoms with Gasteiger partial charge in [-0.25, -0.2) is 4.98 Å². The van der Waals surface area contributed by atoms with Gasteiger partial charge < -0.3 is 9.73 Å². The summed E-state index contributed by atoms with van der Waals surface area (Å²) < 4.78 is 5.34. The van der Waals surface area contributed by atoms with Gasteiger partial charge in [0.05, 0.1) is 12.3 Å². The van der Waals surface area contributed by atoms with Crippen molar-refractivity contribution in [3.8, 4) is 0 Å². The number of rotatable bonds is 3. The summed E-state index contributed by atoms with van der Waals surface area (Å²) in [6.07, 6.45) is 1.68. The Hall–Kier alpha value is -1.77. The fourth-order valence-corrected chi connectivity index (χ4v) is 1.75. The summed E-state index contributed by atoms with van der Waals surface area (Å²) in [5.41, 5.74) is 2.23. The first-order valence-electron chi connectivity index (χ1n) is 5.40. The summed E-state index contributed by atoms with van der Waals surface area (Å²) in [7, 11) is 0. The molecule has 0 saturated carbocycles. The van der Waals surface area contributed by atoms with Crippen LogP contribution in [0.3, 0.4) is 0 Å². The molecule has 2 rings (SSSR count). The third-order valence-electron chi connectivity index (χ3n) is 2.43. The number of nitrogens with zero attached hydrogens (tertiary/aromatic N) is 1. The molecule has 0 aliphatic rings. The highest BCUT2D eigenvalue weighted by Crippen LogP contribution is 2.19. The first-order valence-corrected chi connectivity index (χ1v) is 5.40. The van der Waals surface area contributed by atoms with Crippen LogP contribution in [-0.2, 0) is 0 Å². The molecule has 0 aromatic carbocycles. The van der Waals surface area contributed by atoms with E-state index in [9.17, 15) is 0 Å². The largest absolute Gasteiger partial charge is 0.467 e. The summed E-state index contributed by atoms with van der Waals surface area (Å²) in [5.74, 6) is 1.81. The average molecular weight is 216 g/mol. The van der Waals surface area contributed by atoms with Crippen LogP contribution in [0.5, 0.6) is 0 Å². The fraction of sp³-hybridized carbons (Fsp3) is 0.308. The smallest absolute Gasteiger partial charge is 0.127 e. The number of pyridine rings is 1. The van der Waals surface area contributed by atoms with Gasteiger partial charge in [0, 0.05) is 5.69 Å². The Morgan fingerprint density at radius 2 is 2.12 bits per heavy atom. The summed E-state index contributed by atoms with van der Waals surface area (Å²) >= 11 is 0. The standard InChI is InChI=1S/C13H16N2O/c1-9-7-10(2)14-13(8-9)15-11(3)12-5-4-6-16-12/h4-8,11H,1-3H3,(H,14,15). The predicted molar refractivity (Wildman–Crippen MR) is 64.5 cm³/mol. The van der Waals surface area contributed by atoms with E-state index < -0.39 is 0 Å². The number of furan rings is 1. The maximum Gasteiger partial charge on any atom is 0.127 e. The van der Waals surface area contributed by atoms with Crippen LogP contribution in [0.2, 0.25) is 0 Å². The Balaban J connectivity index is 2.15. The highest BCUT2D eigenvalue weighted by atomic mass is 16.3. The van der Waals surface area contributed by atoms with Gasteiger partial charge in [-0.1, -0.05) is 0 Å². The van der Waals surface area contributed by atoms with Gasteiger partial charge in [0.25, 0.3) is 0 Å². The first-order chi connectivity index (χ1) is 7.65.